The molecule has 7 nitrogen and oxygen atoms in total. The van der Waals surface area contributed by atoms with Gasteiger partial charge in [-0.2, -0.15) is 0 Å². The first kappa shape index (κ1) is 20.4. The lowest BCUT2D eigenvalue weighted by Gasteiger charge is -2.26. The van der Waals surface area contributed by atoms with E-state index in [1.165, 1.54) is 11.1 Å². The fourth-order valence-corrected chi connectivity index (χ4v) is 4.18. The van der Waals surface area contributed by atoms with Crippen LogP contribution in [-0.4, -0.2) is 57.3 Å². The zero-order valence-electron chi connectivity index (χ0n) is 17.9. The Labute approximate surface area is 185 Å². The molecule has 0 radical (unpaired) electrons. The maximum absolute atomic E-state index is 11.7. The largest absolute Gasteiger partial charge is 0.478 e. The lowest BCUT2D eigenvalue weighted by atomic mass is 9.97. The third kappa shape index (κ3) is 4.00. The van der Waals surface area contributed by atoms with Gasteiger partial charge in [0.05, 0.1) is 24.3 Å². The van der Waals surface area contributed by atoms with Crippen LogP contribution in [0.5, 0.6) is 0 Å². The number of benzene rings is 3. The molecule has 5 rings (SSSR count). The summed E-state index contributed by atoms with van der Waals surface area (Å²) in [4.78, 5) is 14.1. The second-order valence-electron chi connectivity index (χ2n) is 8.08. The van der Waals surface area contributed by atoms with E-state index in [2.05, 4.69) is 51.6 Å². The zero-order chi connectivity index (χ0) is 22.1. The van der Waals surface area contributed by atoms with Gasteiger partial charge in [0.1, 0.15) is 5.52 Å². The Hall–Kier alpha value is -3.55. The summed E-state index contributed by atoms with van der Waals surface area (Å²) in [5, 5.41) is 17.6. The summed E-state index contributed by atoms with van der Waals surface area (Å²) in [5.41, 5.74) is 6.60. The molecule has 1 saturated heterocycles. The van der Waals surface area contributed by atoms with Crippen LogP contribution in [0.15, 0.2) is 60.7 Å². The highest BCUT2D eigenvalue weighted by Gasteiger charge is 2.16. The van der Waals surface area contributed by atoms with E-state index in [0.29, 0.717) is 11.0 Å². The van der Waals surface area contributed by atoms with Gasteiger partial charge in [0.25, 0.3) is 0 Å². The van der Waals surface area contributed by atoms with Crippen molar-refractivity contribution in [1.82, 2.24) is 19.9 Å². The molecular formula is C25H24N4O3. The molecular weight excluding hydrogens is 404 g/mol. The molecule has 1 aliphatic heterocycles. The molecule has 0 bridgehead atoms. The van der Waals surface area contributed by atoms with Crippen LogP contribution in [0.4, 0.5) is 0 Å². The lowest BCUT2D eigenvalue weighted by Crippen LogP contribution is -2.35. The molecule has 0 spiro atoms. The highest BCUT2D eigenvalue weighted by atomic mass is 16.5. The number of hydrogen-bond acceptors (Lipinski definition) is 5. The Morgan fingerprint density at radius 1 is 0.969 bits per heavy atom. The van der Waals surface area contributed by atoms with Crippen LogP contribution in [0.25, 0.3) is 33.3 Å². The van der Waals surface area contributed by atoms with E-state index in [1.54, 1.807) is 17.8 Å². The van der Waals surface area contributed by atoms with E-state index in [1.807, 2.05) is 18.2 Å². The van der Waals surface area contributed by atoms with Crippen LogP contribution in [-0.2, 0) is 18.3 Å². The molecule has 0 aliphatic carbocycles. The number of carboxylic acid groups (broad SMARTS) is 1. The average molecular weight is 428 g/mol. The van der Waals surface area contributed by atoms with Gasteiger partial charge >= 0.3 is 5.97 Å². The van der Waals surface area contributed by atoms with Gasteiger partial charge in [0.2, 0.25) is 0 Å². The molecule has 0 amide bonds. The van der Waals surface area contributed by atoms with Gasteiger partial charge in [-0.25, -0.2) is 9.48 Å². The molecule has 0 saturated carbocycles. The van der Waals surface area contributed by atoms with Gasteiger partial charge < -0.3 is 9.84 Å². The van der Waals surface area contributed by atoms with E-state index in [-0.39, 0.29) is 5.56 Å². The Bertz CT molecular complexity index is 1270. The third-order valence-electron chi connectivity index (χ3n) is 5.94. The normalized spacial score (nSPS) is 14.7. The van der Waals surface area contributed by atoms with Gasteiger partial charge in [-0.3, -0.25) is 4.90 Å². The summed E-state index contributed by atoms with van der Waals surface area (Å²) in [6.45, 7) is 4.45. The monoisotopic (exact) mass is 428 g/mol. The van der Waals surface area contributed by atoms with Gasteiger partial charge in [-0.15, -0.1) is 5.10 Å². The van der Waals surface area contributed by atoms with Gasteiger partial charge in [-0.1, -0.05) is 47.7 Å². The Kier molecular flexibility index (Phi) is 5.43. The number of nitrogens with zero attached hydrogens (tertiary/aromatic N) is 4. The predicted molar refractivity (Wildman–Crippen MR) is 122 cm³/mol. The summed E-state index contributed by atoms with van der Waals surface area (Å²) in [6, 6.07) is 20.4. The van der Waals surface area contributed by atoms with E-state index < -0.39 is 5.97 Å². The van der Waals surface area contributed by atoms with Crippen molar-refractivity contribution in [3.8, 4) is 22.3 Å². The molecule has 32 heavy (non-hydrogen) atoms. The molecule has 0 atom stereocenters. The van der Waals surface area contributed by atoms with Crippen LogP contribution >= 0.6 is 0 Å². The predicted octanol–water partition coefficient (Wildman–Crippen LogP) is 3.83. The van der Waals surface area contributed by atoms with Crippen LogP contribution in [0, 0.1) is 0 Å². The molecule has 3 aromatic carbocycles. The van der Waals surface area contributed by atoms with E-state index in [0.717, 1.165) is 49.5 Å². The second kappa shape index (κ2) is 8.53. The molecule has 1 aliphatic rings. The minimum Gasteiger partial charge on any atom is -0.478 e. The first-order valence-electron chi connectivity index (χ1n) is 10.6. The summed E-state index contributed by atoms with van der Waals surface area (Å²) in [5.74, 6) is -1.01. The van der Waals surface area contributed by atoms with Crippen molar-refractivity contribution in [2.24, 2.45) is 7.05 Å². The molecule has 162 valence electrons. The topological polar surface area (TPSA) is 80.5 Å². The van der Waals surface area contributed by atoms with Gasteiger partial charge in [0, 0.05) is 26.7 Å². The molecule has 1 fully saturated rings. The van der Waals surface area contributed by atoms with Gasteiger partial charge in [0.15, 0.2) is 0 Å². The maximum atomic E-state index is 11.7. The number of ether oxygens (including phenoxy) is 1. The Morgan fingerprint density at radius 3 is 2.41 bits per heavy atom. The number of carbonyl (C=O) groups is 1. The minimum absolute atomic E-state index is 0.158. The fourth-order valence-electron chi connectivity index (χ4n) is 4.18. The number of carboxylic acids is 1. The maximum Gasteiger partial charge on any atom is 0.338 e. The summed E-state index contributed by atoms with van der Waals surface area (Å²) < 4.78 is 7.04. The Balaban J connectivity index is 1.43. The highest BCUT2D eigenvalue weighted by molar-refractivity contribution is 6.03. The lowest BCUT2D eigenvalue weighted by molar-refractivity contribution is 0.0342. The Morgan fingerprint density at radius 2 is 1.69 bits per heavy atom. The smallest absolute Gasteiger partial charge is 0.338 e. The van der Waals surface area contributed by atoms with E-state index in [9.17, 15) is 9.90 Å². The molecule has 1 aromatic heterocycles. The van der Waals surface area contributed by atoms with Crippen molar-refractivity contribution in [2.75, 3.05) is 26.3 Å². The average Bonchev–Trinajstić information content (AvgIpc) is 3.20. The molecule has 2 heterocycles. The number of aromatic carboxylic acids is 1. The number of hydrogen-bond donors (Lipinski definition) is 1. The zero-order valence-corrected chi connectivity index (χ0v) is 17.9. The van der Waals surface area contributed by atoms with Gasteiger partial charge in [-0.05, 0) is 46.0 Å². The molecule has 0 unspecified atom stereocenters. The third-order valence-corrected chi connectivity index (χ3v) is 5.94. The van der Waals surface area contributed by atoms with E-state index in [4.69, 9.17) is 4.74 Å². The minimum atomic E-state index is -1.01. The number of aromatic nitrogens is 3. The highest BCUT2D eigenvalue weighted by Crippen LogP contribution is 2.29. The number of fused-ring (bicyclic) bond motifs is 1. The van der Waals surface area contributed by atoms with Crippen molar-refractivity contribution in [3.63, 3.8) is 0 Å². The van der Waals surface area contributed by atoms with Crippen LogP contribution in [0.3, 0.4) is 0 Å². The standard InChI is InChI=1S/C25H24N4O3/c1-28-23-15-21(14-22(25(30)31)24(23)26-27-28)19-7-5-18(6-8-19)20-4-2-3-17(13-20)16-29-9-11-32-12-10-29/h2-8,13-15H,9-12,16H2,1H3,(H,30,31). The SMILES string of the molecule is Cn1nnc2c(C(=O)O)cc(-c3ccc(-c4cccc(CN5CCOCC5)c4)cc3)cc21. The number of morpholine rings is 1. The quantitative estimate of drug-likeness (QED) is 0.520. The van der Waals surface area contributed by atoms with E-state index >= 15 is 0 Å². The molecule has 1 N–H and O–H groups in total. The first-order valence-corrected chi connectivity index (χ1v) is 10.6. The summed E-state index contributed by atoms with van der Waals surface area (Å²) in [7, 11) is 1.76. The fraction of sp³-hybridized carbons (Fsp3) is 0.240. The summed E-state index contributed by atoms with van der Waals surface area (Å²) in [6.07, 6.45) is 0. The number of aryl methyl sites for hydroxylation is 1. The van der Waals surface area contributed by atoms with Crippen molar-refractivity contribution in [1.29, 1.82) is 0 Å². The van der Waals surface area contributed by atoms with Crippen LogP contribution in [0.2, 0.25) is 0 Å². The van der Waals surface area contributed by atoms with Crippen molar-refractivity contribution in [2.45, 2.75) is 6.54 Å². The summed E-state index contributed by atoms with van der Waals surface area (Å²) >= 11 is 0. The van der Waals surface area contributed by atoms with Crippen molar-refractivity contribution < 1.29 is 14.6 Å². The van der Waals surface area contributed by atoms with Crippen LogP contribution < -0.4 is 0 Å². The first-order chi connectivity index (χ1) is 15.6. The van der Waals surface area contributed by atoms with Crippen LogP contribution in [0.1, 0.15) is 15.9 Å². The van der Waals surface area contributed by atoms with Crippen molar-refractivity contribution in [3.05, 3.63) is 71.8 Å². The second-order valence-corrected chi connectivity index (χ2v) is 8.08. The molecule has 7 heteroatoms. The van der Waals surface area contributed by atoms with Crippen molar-refractivity contribution >= 4 is 17.0 Å². The molecule has 4 aromatic rings. The number of rotatable bonds is 5.